The Morgan fingerprint density at radius 3 is 2.58 bits per heavy atom. The molecule has 0 saturated heterocycles. The van der Waals surface area contributed by atoms with Crippen LogP contribution in [0.1, 0.15) is 29.5 Å². The maximum Gasteiger partial charge on any atom is 0.387 e. The fourth-order valence-corrected chi connectivity index (χ4v) is 3.23. The average Bonchev–Trinajstić information content (AvgIpc) is 2.61. The van der Waals surface area contributed by atoms with E-state index in [9.17, 15) is 13.6 Å². The van der Waals surface area contributed by atoms with Gasteiger partial charge in [0.05, 0.1) is 13.5 Å². The predicted molar refractivity (Wildman–Crippen MR) is 95.0 cm³/mol. The van der Waals surface area contributed by atoms with Crippen molar-refractivity contribution in [3.63, 3.8) is 0 Å². The summed E-state index contributed by atoms with van der Waals surface area (Å²) in [6.45, 7) is -2.97. The summed E-state index contributed by atoms with van der Waals surface area (Å²) in [6.07, 6.45) is 4.78. The first-order valence-electron chi connectivity index (χ1n) is 8.58. The van der Waals surface area contributed by atoms with E-state index < -0.39 is 6.61 Å². The second kappa shape index (κ2) is 8.17. The molecule has 26 heavy (non-hydrogen) atoms. The van der Waals surface area contributed by atoms with E-state index in [-0.39, 0.29) is 23.8 Å². The van der Waals surface area contributed by atoms with E-state index in [0.717, 1.165) is 18.4 Å². The average molecular weight is 361 g/mol. The topological polar surface area (TPSA) is 47.6 Å². The molecular weight excluding hydrogens is 340 g/mol. The first-order valence-corrected chi connectivity index (χ1v) is 8.58. The van der Waals surface area contributed by atoms with Crippen molar-refractivity contribution in [2.45, 2.75) is 38.7 Å². The summed E-state index contributed by atoms with van der Waals surface area (Å²) in [4.78, 5) is 12.3. The lowest BCUT2D eigenvalue weighted by molar-refractivity contribution is -0.115. The number of methoxy groups -OCH3 is 1. The third kappa shape index (κ3) is 4.50. The highest BCUT2D eigenvalue weighted by atomic mass is 19.3. The van der Waals surface area contributed by atoms with Gasteiger partial charge in [-0.05, 0) is 54.5 Å². The minimum Gasteiger partial charge on any atom is -0.493 e. The molecule has 0 bridgehead atoms. The number of benzene rings is 2. The fraction of sp³-hybridized carbons (Fsp3) is 0.350. The van der Waals surface area contributed by atoms with Crippen LogP contribution in [-0.2, 0) is 24.1 Å². The molecule has 1 N–H and O–H groups in total. The number of aryl methyl sites for hydroxylation is 2. The lowest BCUT2D eigenvalue weighted by atomic mass is 9.90. The summed E-state index contributed by atoms with van der Waals surface area (Å²) in [5.74, 6) is -0.152. The number of hydrogen-bond acceptors (Lipinski definition) is 3. The Bertz CT molecular complexity index is 793. The molecule has 1 aliphatic rings. The highest BCUT2D eigenvalue weighted by molar-refractivity contribution is 5.92. The minimum absolute atomic E-state index is 0.117. The third-order valence-corrected chi connectivity index (χ3v) is 4.44. The van der Waals surface area contributed by atoms with Crippen molar-refractivity contribution < 1.29 is 23.0 Å². The number of fused-ring (bicyclic) bond motifs is 1. The molecule has 6 heteroatoms. The first-order chi connectivity index (χ1) is 12.5. The predicted octanol–water partition coefficient (Wildman–Crippen LogP) is 4.36. The van der Waals surface area contributed by atoms with E-state index in [1.807, 2.05) is 6.07 Å². The van der Waals surface area contributed by atoms with Gasteiger partial charge in [0, 0.05) is 11.8 Å². The first kappa shape index (κ1) is 18.2. The molecule has 0 heterocycles. The number of rotatable bonds is 6. The number of halogens is 2. The van der Waals surface area contributed by atoms with Gasteiger partial charge in [-0.3, -0.25) is 4.79 Å². The summed E-state index contributed by atoms with van der Waals surface area (Å²) < 4.78 is 34.4. The van der Waals surface area contributed by atoms with Gasteiger partial charge in [-0.25, -0.2) is 0 Å². The summed E-state index contributed by atoms with van der Waals surface area (Å²) in [5.41, 5.74) is 4.01. The molecule has 1 aliphatic carbocycles. The van der Waals surface area contributed by atoms with Gasteiger partial charge < -0.3 is 14.8 Å². The van der Waals surface area contributed by atoms with Crippen molar-refractivity contribution in [3.8, 4) is 11.5 Å². The molecule has 138 valence electrons. The van der Waals surface area contributed by atoms with Crippen molar-refractivity contribution in [1.82, 2.24) is 0 Å². The van der Waals surface area contributed by atoms with E-state index in [1.54, 1.807) is 6.07 Å². The quantitative estimate of drug-likeness (QED) is 0.832. The van der Waals surface area contributed by atoms with Crippen LogP contribution in [0, 0.1) is 0 Å². The van der Waals surface area contributed by atoms with Gasteiger partial charge >= 0.3 is 6.61 Å². The Balaban J connectivity index is 1.68. The monoisotopic (exact) mass is 361 g/mol. The Labute approximate surface area is 151 Å². The highest BCUT2D eigenvalue weighted by Crippen LogP contribution is 2.31. The highest BCUT2D eigenvalue weighted by Gasteiger charge is 2.14. The largest absolute Gasteiger partial charge is 0.493 e. The zero-order valence-electron chi connectivity index (χ0n) is 14.6. The fourth-order valence-electron chi connectivity index (χ4n) is 3.23. The standard InChI is InChI=1S/C20H21F2NO3/c1-25-17-9-8-16(12-18(17)26-20(21)22)23-19(24)11-13-6-7-14-4-2-3-5-15(14)10-13/h6-10,12,20H,2-5,11H2,1H3,(H,23,24). The molecule has 0 radical (unpaired) electrons. The molecular formula is C20H21F2NO3. The van der Waals surface area contributed by atoms with Gasteiger partial charge in [0.15, 0.2) is 11.5 Å². The number of carbonyl (C=O) groups is 1. The van der Waals surface area contributed by atoms with Crippen LogP contribution in [0.15, 0.2) is 36.4 Å². The molecule has 0 spiro atoms. The van der Waals surface area contributed by atoms with Gasteiger partial charge in [0.2, 0.25) is 5.91 Å². The smallest absolute Gasteiger partial charge is 0.387 e. The van der Waals surface area contributed by atoms with E-state index in [4.69, 9.17) is 4.74 Å². The van der Waals surface area contributed by atoms with Crippen LogP contribution in [0.3, 0.4) is 0 Å². The molecule has 2 aromatic rings. The zero-order chi connectivity index (χ0) is 18.5. The number of hydrogen-bond donors (Lipinski definition) is 1. The second-order valence-electron chi connectivity index (χ2n) is 6.28. The van der Waals surface area contributed by atoms with Crippen LogP contribution in [0.4, 0.5) is 14.5 Å². The number of alkyl halides is 2. The molecule has 0 aliphatic heterocycles. The Hall–Kier alpha value is -2.63. The number of amides is 1. The van der Waals surface area contributed by atoms with E-state index in [2.05, 4.69) is 22.2 Å². The number of anilines is 1. The van der Waals surface area contributed by atoms with Crippen molar-refractivity contribution in [1.29, 1.82) is 0 Å². The van der Waals surface area contributed by atoms with Gasteiger partial charge in [0.25, 0.3) is 0 Å². The lowest BCUT2D eigenvalue weighted by Gasteiger charge is -2.16. The minimum atomic E-state index is -2.97. The molecule has 0 unspecified atom stereocenters. The Morgan fingerprint density at radius 1 is 1.08 bits per heavy atom. The van der Waals surface area contributed by atoms with Crippen LogP contribution in [0.2, 0.25) is 0 Å². The van der Waals surface area contributed by atoms with Gasteiger partial charge in [0.1, 0.15) is 0 Å². The summed E-state index contributed by atoms with van der Waals surface area (Å²) in [7, 11) is 1.36. The number of carbonyl (C=O) groups excluding carboxylic acids is 1. The van der Waals surface area contributed by atoms with Crippen LogP contribution < -0.4 is 14.8 Å². The van der Waals surface area contributed by atoms with Crippen molar-refractivity contribution in [3.05, 3.63) is 53.1 Å². The third-order valence-electron chi connectivity index (χ3n) is 4.44. The molecule has 2 aromatic carbocycles. The molecule has 0 atom stereocenters. The molecule has 0 aromatic heterocycles. The van der Waals surface area contributed by atoms with Crippen LogP contribution >= 0.6 is 0 Å². The number of nitrogens with one attached hydrogen (secondary N) is 1. The molecule has 1 amide bonds. The van der Waals surface area contributed by atoms with Gasteiger partial charge in [-0.1, -0.05) is 18.2 Å². The van der Waals surface area contributed by atoms with E-state index in [1.165, 1.54) is 43.2 Å². The van der Waals surface area contributed by atoms with E-state index >= 15 is 0 Å². The zero-order valence-corrected chi connectivity index (χ0v) is 14.6. The van der Waals surface area contributed by atoms with Gasteiger partial charge in [-0.15, -0.1) is 0 Å². The van der Waals surface area contributed by atoms with E-state index in [0.29, 0.717) is 5.69 Å². The summed E-state index contributed by atoms with van der Waals surface area (Å²) in [6, 6.07) is 10.6. The normalized spacial score (nSPS) is 13.2. The Kier molecular flexibility index (Phi) is 5.71. The maximum atomic E-state index is 12.5. The summed E-state index contributed by atoms with van der Waals surface area (Å²) in [5, 5.41) is 2.72. The van der Waals surface area contributed by atoms with Crippen LogP contribution in [0.25, 0.3) is 0 Å². The van der Waals surface area contributed by atoms with Crippen LogP contribution in [-0.4, -0.2) is 19.6 Å². The van der Waals surface area contributed by atoms with Crippen molar-refractivity contribution in [2.24, 2.45) is 0 Å². The molecule has 0 fully saturated rings. The Morgan fingerprint density at radius 2 is 1.85 bits per heavy atom. The van der Waals surface area contributed by atoms with Crippen LogP contribution in [0.5, 0.6) is 11.5 Å². The summed E-state index contributed by atoms with van der Waals surface area (Å²) >= 11 is 0. The van der Waals surface area contributed by atoms with Crippen molar-refractivity contribution >= 4 is 11.6 Å². The van der Waals surface area contributed by atoms with Crippen molar-refractivity contribution in [2.75, 3.05) is 12.4 Å². The molecule has 0 saturated carbocycles. The molecule has 3 rings (SSSR count). The SMILES string of the molecule is COc1ccc(NC(=O)Cc2ccc3c(c2)CCCC3)cc1OC(F)F. The van der Waals surface area contributed by atoms with Gasteiger partial charge in [-0.2, -0.15) is 8.78 Å². The second-order valence-corrected chi connectivity index (χ2v) is 6.28. The maximum absolute atomic E-state index is 12.5. The number of ether oxygens (including phenoxy) is 2. The lowest BCUT2D eigenvalue weighted by Crippen LogP contribution is -2.15. The molecule has 4 nitrogen and oxygen atoms in total.